The van der Waals surface area contributed by atoms with Gasteiger partial charge in [0.25, 0.3) is 0 Å². The topological polar surface area (TPSA) is 108 Å². The number of amides is 3. The molecule has 2 rings (SSSR count). The molecule has 0 heterocycles. The molecule has 0 radical (unpaired) electrons. The monoisotopic (exact) mass is 447 g/mol. The lowest BCUT2D eigenvalue weighted by atomic mass is 9.74. The second-order valence-electron chi connectivity index (χ2n) is 9.79. The van der Waals surface area contributed by atoms with Crippen molar-refractivity contribution in [2.75, 3.05) is 6.54 Å². The summed E-state index contributed by atoms with van der Waals surface area (Å²) in [6.07, 6.45) is 0.515. The number of rotatable bonds is 7. The summed E-state index contributed by atoms with van der Waals surface area (Å²) >= 11 is 0. The molecule has 1 aromatic rings. The Morgan fingerprint density at radius 2 is 1.81 bits per heavy atom. The van der Waals surface area contributed by atoms with E-state index in [0.717, 1.165) is 5.56 Å². The number of ether oxygens (including phenoxy) is 1. The molecule has 0 bridgehead atoms. The molecule has 0 aliphatic heterocycles. The first-order valence-corrected chi connectivity index (χ1v) is 11.2. The minimum Gasteiger partial charge on any atom is -0.465 e. The van der Waals surface area contributed by atoms with Crippen LogP contribution >= 0.6 is 0 Å². The molecule has 32 heavy (non-hydrogen) atoms. The van der Waals surface area contributed by atoms with Crippen molar-refractivity contribution in [3.05, 3.63) is 35.9 Å². The maximum Gasteiger partial charge on any atom is 0.407 e. The first-order chi connectivity index (χ1) is 15.0. The summed E-state index contributed by atoms with van der Waals surface area (Å²) in [6.45, 7) is 9.87. The molecule has 1 aliphatic rings. The average Bonchev–Trinajstić information content (AvgIpc) is 2.71. The van der Waals surface area contributed by atoms with Gasteiger partial charge in [-0.05, 0) is 57.4 Å². The van der Waals surface area contributed by atoms with Crippen molar-refractivity contribution in [1.29, 1.82) is 0 Å². The Hall–Kier alpha value is -2.77. The fourth-order valence-corrected chi connectivity index (χ4v) is 4.51. The molecule has 3 amide bonds. The Balaban J connectivity index is 1.86. The predicted molar refractivity (Wildman–Crippen MR) is 122 cm³/mol. The highest BCUT2D eigenvalue weighted by Crippen LogP contribution is 2.35. The zero-order valence-electron chi connectivity index (χ0n) is 19.8. The molecule has 1 aliphatic carbocycles. The van der Waals surface area contributed by atoms with Crippen LogP contribution in [0.1, 0.15) is 59.4 Å². The molecule has 3 N–H and O–H groups in total. The smallest absolute Gasteiger partial charge is 0.407 e. The number of carbonyl (C=O) groups excluding carboxylic acids is 2. The lowest BCUT2D eigenvalue weighted by Crippen LogP contribution is -2.56. The zero-order chi connectivity index (χ0) is 23.9. The van der Waals surface area contributed by atoms with Crippen molar-refractivity contribution in [1.82, 2.24) is 15.5 Å². The van der Waals surface area contributed by atoms with Gasteiger partial charge in [0, 0.05) is 17.6 Å². The molecule has 1 aromatic carbocycles. The van der Waals surface area contributed by atoms with E-state index >= 15 is 0 Å². The number of hydrogen-bond acceptors (Lipinski definition) is 4. The van der Waals surface area contributed by atoms with Crippen molar-refractivity contribution in [3.63, 3.8) is 0 Å². The van der Waals surface area contributed by atoms with Crippen LogP contribution in [0.15, 0.2) is 30.3 Å². The maximum atomic E-state index is 12.5. The standard InChI is InChI=1S/C24H37N3O5/c1-16(2)19-13-18(27(23(30)31)24(3,4)5)11-12-20(19)26-21(28)14-25-22(29)32-15-17-9-7-6-8-10-17/h6-10,16,18-20H,11-15H2,1-5H3,(H,25,29)(H,26,28)(H,30,31)/t18-,19+,20+/m1/s1. The Bertz CT molecular complexity index is 776. The van der Waals surface area contributed by atoms with Crippen LogP contribution in [0.25, 0.3) is 0 Å². The molecule has 178 valence electrons. The Labute approximate surface area is 190 Å². The van der Waals surface area contributed by atoms with E-state index in [1.807, 2.05) is 51.1 Å². The highest BCUT2D eigenvalue weighted by molar-refractivity contribution is 5.82. The predicted octanol–water partition coefficient (Wildman–Crippen LogP) is 4.00. The lowest BCUT2D eigenvalue weighted by Gasteiger charge is -2.46. The van der Waals surface area contributed by atoms with Crippen LogP contribution in [0.3, 0.4) is 0 Å². The van der Waals surface area contributed by atoms with E-state index in [0.29, 0.717) is 19.3 Å². The van der Waals surface area contributed by atoms with Gasteiger partial charge < -0.3 is 25.4 Å². The molecule has 0 unspecified atom stereocenters. The van der Waals surface area contributed by atoms with Crippen LogP contribution in [0.4, 0.5) is 9.59 Å². The summed E-state index contributed by atoms with van der Waals surface area (Å²) in [5, 5.41) is 15.3. The molecule has 8 nitrogen and oxygen atoms in total. The van der Waals surface area contributed by atoms with Gasteiger partial charge in [-0.25, -0.2) is 9.59 Å². The van der Waals surface area contributed by atoms with Crippen LogP contribution in [-0.4, -0.2) is 52.3 Å². The Morgan fingerprint density at radius 1 is 1.16 bits per heavy atom. The summed E-state index contributed by atoms with van der Waals surface area (Å²) < 4.78 is 5.13. The average molecular weight is 448 g/mol. The fourth-order valence-electron chi connectivity index (χ4n) is 4.51. The number of alkyl carbamates (subject to hydrolysis) is 1. The number of carbonyl (C=O) groups is 3. The summed E-state index contributed by atoms with van der Waals surface area (Å²) in [5.41, 5.74) is 0.382. The number of carboxylic acid groups (broad SMARTS) is 1. The molecule has 0 spiro atoms. The fraction of sp³-hybridized carbons (Fsp3) is 0.625. The van der Waals surface area contributed by atoms with Gasteiger partial charge in [0.1, 0.15) is 13.2 Å². The van der Waals surface area contributed by atoms with Crippen molar-refractivity contribution in [2.45, 2.75) is 78.1 Å². The van der Waals surface area contributed by atoms with Crippen molar-refractivity contribution < 1.29 is 24.2 Å². The lowest BCUT2D eigenvalue weighted by molar-refractivity contribution is -0.122. The van der Waals surface area contributed by atoms with E-state index in [4.69, 9.17) is 4.74 Å². The van der Waals surface area contributed by atoms with Gasteiger partial charge in [-0.3, -0.25) is 4.79 Å². The normalized spacial score (nSPS) is 21.0. The summed E-state index contributed by atoms with van der Waals surface area (Å²) in [7, 11) is 0. The van der Waals surface area contributed by atoms with Crippen LogP contribution in [0, 0.1) is 11.8 Å². The van der Waals surface area contributed by atoms with Gasteiger partial charge in [0.05, 0.1) is 0 Å². The third-order valence-corrected chi connectivity index (χ3v) is 5.97. The first-order valence-electron chi connectivity index (χ1n) is 11.2. The van der Waals surface area contributed by atoms with Crippen LogP contribution in [0.5, 0.6) is 0 Å². The number of nitrogens with zero attached hydrogens (tertiary/aromatic N) is 1. The molecule has 1 fully saturated rings. The highest BCUT2D eigenvalue weighted by atomic mass is 16.5. The van der Waals surface area contributed by atoms with E-state index in [2.05, 4.69) is 24.5 Å². The summed E-state index contributed by atoms with van der Waals surface area (Å²) in [6, 6.07) is 9.17. The van der Waals surface area contributed by atoms with Gasteiger partial charge in [-0.2, -0.15) is 0 Å². The largest absolute Gasteiger partial charge is 0.465 e. The zero-order valence-corrected chi connectivity index (χ0v) is 19.8. The molecule has 1 saturated carbocycles. The Morgan fingerprint density at radius 3 is 2.38 bits per heavy atom. The van der Waals surface area contributed by atoms with Crippen molar-refractivity contribution in [3.8, 4) is 0 Å². The SMILES string of the molecule is CC(C)[C@@H]1C[C@H](N(C(=O)O)C(C)(C)C)CC[C@@H]1NC(=O)CNC(=O)OCc1ccccc1. The third kappa shape index (κ3) is 7.43. The molecular formula is C24H37N3O5. The van der Waals surface area contributed by atoms with Crippen LogP contribution in [0.2, 0.25) is 0 Å². The van der Waals surface area contributed by atoms with E-state index in [9.17, 15) is 19.5 Å². The highest BCUT2D eigenvalue weighted by Gasteiger charge is 2.40. The Kier molecular flexibility index (Phi) is 8.92. The van der Waals surface area contributed by atoms with E-state index < -0.39 is 17.7 Å². The van der Waals surface area contributed by atoms with Crippen LogP contribution in [-0.2, 0) is 16.1 Å². The van der Waals surface area contributed by atoms with Gasteiger partial charge >= 0.3 is 12.2 Å². The minimum absolute atomic E-state index is 0.0588. The molecular weight excluding hydrogens is 410 g/mol. The van der Waals surface area contributed by atoms with Crippen molar-refractivity contribution >= 4 is 18.1 Å². The molecule has 0 aromatic heterocycles. The van der Waals surface area contributed by atoms with Gasteiger partial charge in [-0.15, -0.1) is 0 Å². The molecule has 3 atom stereocenters. The number of hydrogen-bond donors (Lipinski definition) is 3. The third-order valence-electron chi connectivity index (χ3n) is 5.97. The van der Waals surface area contributed by atoms with E-state index in [-0.39, 0.29) is 43.0 Å². The van der Waals surface area contributed by atoms with Gasteiger partial charge in [0.15, 0.2) is 0 Å². The van der Waals surface area contributed by atoms with Gasteiger partial charge in [-0.1, -0.05) is 44.2 Å². The second-order valence-corrected chi connectivity index (χ2v) is 9.79. The maximum absolute atomic E-state index is 12.5. The quantitative estimate of drug-likeness (QED) is 0.585. The summed E-state index contributed by atoms with van der Waals surface area (Å²) in [5.74, 6) is 0.149. The van der Waals surface area contributed by atoms with E-state index in [1.54, 1.807) is 4.90 Å². The van der Waals surface area contributed by atoms with Crippen LogP contribution < -0.4 is 10.6 Å². The van der Waals surface area contributed by atoms with Crippen molar-refractivity contribution in [2.24, 2.45) is 11.8 Å². The van der Waals surface area contributed by atoms with E-state index in [1.165, 1.54) is 0 Å². The minimum atomic E-state index is -0.911. The number of nitrogens with one attached hydrogen (secondary N) is 2. The number of benzene rings is 1. The summed E-state index contributed by atoms with van der Waals surface area (Å²) in [4.78, 5) is 37.8. The molecule has 0 saturated heterocycles. The van der Waals surface area contributed by atoms with Gasteiger partial charge in [0.2, 0.25) is 5.91 Å². The second kappa shape index (κ2) is 11.2. The first kappa shape index (κ1) is 25.5. The molecule has 8 heteroatoms.